The van der Waals surface area contributed by atoms with Crippen molar-refractivity contribution in [1.82, 2.24) is 0 Å². The number of ether oxygens (including phenoxy) is 2. The quantitative estimate of drug-likeness (QED) is 0.819. The zero-order chi connectivity index (χ0) is 13.9. The van der Waals surface area contributed by atoms with E-state index in [9.17, 15) is 0 Å². The maximum atomic E-state index is 9.16. The number of phenols is 1. The molecule has 100 valence electrons. The van der Waals surface area contributed by atoms with E-state index in [-0.39, 0.29) is 5.75 Å². The molecule has 2 rings (SSSR count). The Bertz CT molecular complexity index is 533. The van der Waals surface area contributed by atoms with Crippen molar-refractivity contribution in [3.63, 3.8) is 0 Å². The van der Waals surface area contributed by atoms with Crippen LogP contribution < -0.4 is 9.47 Å². The second-order valence-corrected chi connectivity index (χ2v) is 5.79. The highest BCUT2D eigenvalue weighted by molar-refractivity contribution is 6.66. The number of phenolic OH excluding ortho intramolecular Hbond substituents is 1. The summed E-state index contributed by atoms with van der Waals surface area (Å²) in [4.78, 5) is 0. The Morgan fingerprint density at radius 3 is 1.63 bits per heavy atom. The second kappa shape index (κ2) is 5.78. The molecule has 6 heteroatoms. The van der Waals surface area contributed by atoms with Crippen LogP contribution in [-0.4, -0.2) is 9.09 Å². The normalized spacial score (nSPS) is 11.1. The van der Waals surface area contributed by atoms with Crippen molar-refractivity contribution >= 4 is 34.8 Å². The summed E-state index contributed by atoms with van der Waals surface area (Å²) in [5.41, 5.74) is 0. The Balaban J connectivity index is 2.04. The minimum Gasteiger partial charge on any atom is -0.508 e. The molecule has 0 aliphatic heterocycles. The lowest BCUT2D eigenvalue weighted by Crippen LogP contribution is -2.12. The van der Waals surface area contributed by atoms with Crippen LogP contribution in [0.25, 0.3) is 0 Å². The third-order valence-electron chi connectivity index (χ3n) is 2.13. The van der Waals surface area contributed by atoms with E-state index in [1.807, 2.05) is 0 Å². The van der Waals surface area contributed by atoms with Crippen molar-refractivity contribution in [3.05, 3.63) is 48.5 Å². The fourth-order valence-corrected chi connectivity index (χ4v) is 1.63. The number of hydrogen-bond acceptors (Lipinski definition) is 3. The van der Waals surface area contributed by atoms with Crippen LogP contribution in [0.3, 0.4) is 0 Å². The summed E-state index contributed by atoms with van der Waals surface area (Å²) in [6.45, 7) is 0. The maximum absolute atomic E-state index is 9.16. The van der Waals surface area contributed by atoms with Gasteiger partial charge >= 0.3 is 3.98 Å². The first-order valence-electron chi connectivity index (χ1n) is 5.25. The van der Waals surface area contributed by atoms with Crippen LogP contribution in [0.2, 0.25) is 0 Å². The van der Waals surface area contributed by atoms with Gasteiger partial charge in [-0.3, -0.25) is 0 Å². The Kier molecular flexibility index (Phi) is 4.30. The molecule has 0 spiro atoms. The van der Waals surface area contributed by atoms with Crippen LogP contribution in [0.5, 0.6) is 23.0 Å². The van der Waals surface area contributed by atoms with Gasteiger partial charge < -0.3 is 14.6 Å². The van der Waals surface area contributed by atoms with Gasteiger partial charge in [0.25, 0.3) is 0 Å². The number of aromatic hydroxyl groups is 1. The smallest absolute Gasteiger partial charge is 0.338 e. The van der Waals surface area contributed by atoms with E-state index in [2.05, 4.69) is 0 Å². The number of halogens is 3. The molecule has 2 aromatic rings. The summed E-state index contributed by atoms with van der Waals surface area (Å²) in [6, 6.07) is 13.0. The van der Waals surface area contributed by atoms with E-state index in [1.165, 1.54) is 12.1 Å². The lowest BCUT2D eigenvalue weighted by Gasteiger charge is -2.14. The average molecular weight is 320 g/mol. The first-order chi connectivity index (χ1) is 8.92. The highest BCUT2D eigenvalue weighted by atomic mass is 35.6. The first kappa shape index (κ1) is 14.1. The molecular formula is C13H9Cl3O3. The van der Waals surface area contributed by atoms with Crippen molar-refractivity contribution < 1.29 is 14.6 Å². The summed E-state index contributed by atoms with van der Waals surface area (Å²) in [5.74, 6) is 1.80. The number of rotatable bonds is 3. The molecule has 2 aromatic carbocycles. The SMILES string of the molecule is Oc1ccc(Oc2ccc(OC(Cl)(Cl)Cl)cc2)cc1. The van der Waals surface area contributed by atoms with E-state index < -0.39 is 3.98 Å². The van der Waals surface area contributed by atoms with Gasteiger partial charge in [-0.05, 0) is 83.3 Å². The van der Waals surface area contributed by atoms with Crippen molar-refractivity contribution in [1.29, 1.82) is 0 Å². The molecule has 0 atom stereocenters. The van der Waals surface area contributed by atoms with Gasteiger partial charge in [0.1, 0.15) is 23.0 Å². The molecule has 0 radical (unpaired) electrons. The molecule has 0 aromatic heterocycles. The maximum Gasteiger partial charge on any atom is 0.338 e. The number of alkyl halides is 3. The monoisotopic (exact) mass is 318 g/mol. The fourth-order valence-electron chi connectivity index (χ4n) is 1.36. The second-order valence-electron chi connectivity index (χ2n) is 3.62. The highest BCUT2D eigenvalue weighted by Crippen LogP contribution is 2.31. The minimum absolute atomic E-state index is 0.179. The van der Waals surface area contributed by atoms with Gasteiger partial charge in [-0.1, -0.05) is 0 Å². The molecule has 0 saturated heterocycles. The zero-order valence-electron chi connectivity index (χ0n) is 9.52. The van der Waals surface area contributed by atoms with Crippen LogP contribution in [0.15, 0.2) is 48.5 Å². The van der Waals surface area contributed by atoms with Crippen molar-refractivity contribution in [2.75, 3.05) is 0 Å². The number of benzene rings is 2. The van der Waals surface area contributed by atoms with Crippen molar-refractivity contribution in [2.24, 2.45) is 0 Å². The fraction of sp³-hybridized carbons (Fsp3) is 0.0769. The number of hydrogen-bond donors (Lipinski definition) is 1. The Morgan fingerprint density at radius 2 is 1.16 bits per heavy atom. The summed E-state index contributed by atoms with van der Waals surface area (Å²) >= 11 is 16.5. The first-order valence-corrected chi connectivity index (χ1v) is 6.38. The predicted molar refractivity (Wildman–Crippen MR) is 75.5 cm³/mol. The molecule has 0 fully saturated rings. The van der Waals surface area contributed by atoms with Crippen molar-refractivity contribution in [2.45, 2.75) is 3.98 Å². The standard InChI is InChI=1S/C13H9Cl3O3/c14-13(15,16)19-12-7-5-11(6-8-12)18-10-3-1-9(17)2-4-10/h1-8,17H. The molecule has 0 heterocycles. The van der Waals surface area contributed by atoms with Gasteiger partial charge in [-0.2, -0.15) is 0 Å². The molecule has 1 N–H and O–H groups in total. The van der Waals surface area contributed by atoms with E-state index in [4.69, 9.17) is 49.4 Å². The summed E-state index contributed by atoms with van der Waals surface area (Å²) < 4.78 is 8.79. The van der Waals surface area contributed by atoms with Crippen LogP contribution >= 0.6 is 34.8 Å². The van der Waals surface area contributed by atoms with Crippen LogP contribution in [0.1, 0.15) is 0 Å². The van der Waals surface area contributed by atoms with Crippen LogP contribution in [-0.2, 0) is 0 Å². The lowest BCUT2D eigenvalue weighted by molar-refractivity contribution is 0.320. The molecule has 0 aliphatic carbocycles. The Hall–Kier alpha value is -1.29. The molecule has 0 unspecified atom stereocenters. The summed E-state index contributed by atoms with van der Waals surface area (Å²) in [7, 11) is 0. The summed E-state index contributed by atoms with van der Waals surface area (Å²) in [6.07, 6.45) is 0. The van der Waals surface area contributed by atoms with Crippen LogP contribution in [0.4, 0.5) is 0 Å². The molecule has 3 nitrogen and oxygen atoms in total. The van der Waals surface area contributed by atoms with Gasteiger partial charge in [0.15, 0.2) is 0 Å². The van der Waals surface area contributed by atoms with E-state index in [0.29, 0.717) is 17.2 Å². The minimum atomic E-state index is -1.79. The van der Waals surface area contributed by atoms with Gasteiger partial charge in [0.2, 0.25) is 0 Å². The molecule has 0 aliphatic rings. The van der Waals surface area contributed by atoms with Gasteiger partial charge in [-0.15, -0.1) is 0 Å². The van der Waals surface area contributed by atoms with Crippen LogP contribution in [0, 0.1) is 0 Å². The predicted octanol–water partition coefficient (Wildman–Crippen LogP) is 4.89. The lowest BCUT2D eigenvalue weighted by atomic mass is 10.3. The van der Waals surface area contributed by atoms with Gasteiger partial charge in [0, 0.05) is 0 Å². The van der Waals surface area contributed by atoms with Gasteiger partial charge in [-0.25, -0.2) is 0 Å². The topological polar surface area (TPSA) is 38.7 Å². The third-order valence-corrected chi connectivity index (χ3v) is 2.36. The zero-order valence-corrected chi connectivity index (χ0v) is 11.8. The van der Waals surface area contributed by atoms with Crippen molar-refractivity contribution in [3.8, 4) is 23.0 Å². The molecule has 0 bridgehead atoms. The molecule has 0 saturated carbocycles. The van der Waals surface area contributed by atoms with E-state index in [1.54, 1.807) is 36.4 Å². The van der Waals surface area contributed by atoms with E-state index in [0.717, 1.165) is 0 Å². The molecule has 19 heavy (non-hydrogen) atoms. The Morgan fingerprint density at radius 1 is 0.737 bits per heavy atom. The largest absolute Gasteiger partial charge is 0.508 e. The van der Waals surface area contributed by atoms with E-state index >= 15 is 0 Å². The Labute approximate surface area is 125 Å². The highest BCUT2D eigenvalue weighted by Gasteiger charge is 2.21. The molecule has 0 amide bonds. The third kappa shape index (κ3) is 4.71. The summed E-state index contributed by atoms with van der Waals surface area (Å²) in [5, 5.41) is 9.16. The molecular weight excluding hydrogens is 310 g/mol. The average Bonchev–Trinajstić information content (AvgIpc) is 2.33. The van der Waals surface area contributed by atoms with Gasteiger partial charge in [0.05, 0.1) is 0 Å².